The first-order valence-corrected chi connectivity index (χ1v) is 6.56. The van der Waals surface area contributed by atoms with Crippen LogP contribution in [-0.2, 0) is 0 Å². The summed E-state index contributed by atoms with van der Waals surface area (Å²) in [7, 11) is 0. The normalized spacial score (nSPS) is 12.8. The zero-order chi connectivity index (χ0) is 15.0. The van der Waals surface area contributed by atoms with E-state index in [9.17, 15) is 8.78 Å². The molecule has 2 aromatic carbocycles. The van der Waals surface area contributed by atoms with Gasteiger partial charge < -0.3 is 4.42 Å². The molecule has 21 heavy (non-hydrogen) atoms. The molecule has 3 aromatic rings. The van der Waals surface area contributed by atoms with Crippen molar-refractivity contribution in [2.75, 3.05) is 0 Å². The van der Waals surface area contributed by atoms with E-state index in [4.69, 9.17) is 21.9 Å². The fraction of sp³-hybridized carbons (Fsp3) is 0.0667. The molecule has 1 aromatic heterocycles. The molecule has 108 valence electrons. The molecule has 3 N–H and O–H groups in total. The van der Waals surface area contributed by atoms with Gasteiger partial charge in [0.2, 0.25) is 0 Å². The van der Waals surface area contributed by atoms with Crippen molar-refractivity contribution in [3.8, 4) is 0 Å². The summed E-state index contributed by atoms with van der Waals surface area (Å²) in [5.74, 6) is 4.60. The van der Waals surface area contributed by atoms with E-state index < -0.39 is 17.7 Å². The standard InChI is InChI=1S/C15H11ClF2N2O/c16-10-1-2-13-8(3-10)6-14(21-13)15(20-19)9-4-11(17)7-12(18)5-9/h1-7,15,20H,19H2. The second-order valence-electron chi connectivity index (χ2n) is 4.63. The van der Waals surface area contributed by atoms with E-state index in [2.05, 4.69) is 5.43 Å². The molecule has 1 heterocycles. The fourth-order valence-corrected chi connectivity index (χ4v) is 2.44. The van der Waals surface area contributed by atoms with Crippen molar-refractivity contribution < 1.29 is 13.2 Å². The number of halogens is 3. The van der Waals surface area contributed by atoms with Crippen molar-refractivity contribution in [3.63, 3.8) is 0 Å². The maximum absolute atomic E-state index is 13.3. The predicted molar refractivity (Wildman–Crippen MR) is 76.7 cm³/mol. The van der Waals surface area contributed by atoms with E-state index in [0.717, 1.165) is 11.5 Å². The van der Waals surface area contributed by atoms with Crippen LogP contribution in [0.3, 0.4) is 0 Å². The lowest BCUT2D eigenvalue weighted by molar-refractivity contribution is 0.473. The summed E-state index contributed by atoms with van der Waals surface area (Å²) in [6, 6.07) is 9.43. The highest BCUT2D eigenvalue weighted by Crippen LogP contribution is 2.30. The minimum absolute atomic E-state index is 0.333. The molecule has 3 rings (SSSR count). The molecule has 0 saturated heterocycles. The van der Waals surface area contributed by atoms with Crippen LogP contribution < -0.4 is 11.3 Å². The van der Waals surface area contributed by atoms with Gasteiger partial charge >= 0.3 is 0 Å². The molecule has 1 atom stereocenters. The first kappa shape index (κ1) is 14.0. The number of fused-ring (bicyclic) bond motifs is 1. The molecule has 0 radical (unpaired) electrons. The third-order valence-corrected chi connectivity index (χ3v) is 3.40. The number of nitrogens with two attached hydrogens (primary N) is 1. The summed E-state index contributed by atoms with van der Waals surface area (Å²) in [6.07, 6.45) is 0. The van der Waals surface area contributed by atoms with Gasteiger partial charge in [-0.2, -0.15) is 0 Å². The van der Waals surface area contributed by atoms with Gasteiger partial charge in [0.1, 0.15) is 29.0 Å². The molecule has 0 bridgehead atoms. The number of hydrogen-bond acceptors (Lipinski definition) is 3. The van der Waals surface area contributed by atoms with Gasteiger partial charge in [-0.15, -0.1) is 0 Å². The third-order valence-electron chi connectivity index (χ3n) is 3.17. The fourth-order valence-electron chi connectivity index (χ4n) is 2.26. The molecular weight excluding hydrogens is 298 g/mol. The lowest BCUT2D eigenvalue weighted by Gasteiger charge is -2.13. The second-order valence-corrected chi connectivity index (χ2v) is 5.07. The summed E-state index contributed by atoms with van der Waals surface area (Å²) in [4.78, 5) is 0. The first-order valence-electron chi connectivity index (χ1n) is 6.18. The Labute approximate surface area is 124 Å². The molecule has 0 amide bonds. The van der Waals surface area contributed by atoms with E-state index >= 15 is 0 Å². The average Bonchev–Trinajstić information content (AvgIpc) is 2.81. The Balaban J connectivity index is 2.08. The lowest BCUT2D eigenvalue weighted by Crippen LogP contribution is -2.28. The monoisotopic (exact) mass is 308 g/mol. The maximum atomic E-state index is 13.3. The summed E-state index contributed by atoms with van der Waals surface area (Å²) in [5.41, 5.74) is 3.46. The van der Waals surface area contributed by atoms with Gasteiger partial charge in [0.15, 0.2) is 0 Å². The van der Waals surface area contributed by atoms with Crippen molar-refractivity contribution in [2.45, 2.75) is 6.04 Å². The van der Waals surface area contributed by atoms with Crippen LogP contribution in [0.5, 0.6) is 0 Å². The Bertz CT molecular complexity index is 783. The molecular formula is C15H11ClF2N2O. The largest absolute Gasteiger partial charge is 0.459 e. The number of hydrogen-bond donors (Lipinski definition) is 2. The van der Waals surface area contributed by atoms with Crippen molar-refractivity contribution in [1.82, 2.24) is 5.43 Å². The van der Waals surface area contributed by atoms with Gasteiger partial charge in [-0.25, -0.2) is 14.2 Å². The number of benzene rings is 2. The van der Waals surface area contributed by atoms with E-state index in [-0.39, 0.29) is 0 Å². The van der Waals surface area contributed by atoms with Crippen LogP contribution in [0.4, 0.5) is 8.78 Å². The van der Waals surface area contributed by atoms with Gasteiger partial charge in [-0.05, 0) is 42.0 Å². The summed E-state index contributed by atoms with van der Waals surface area (Å²) < 4.78 is 32.3. The van der Waals surface area contributed by atoms with E-state index in [1.54, 1.807) is 24.3 Å². The highest BCUT2D eigenvalue weighted by Gasteiger charge is 2.19. The van der Waals surface area contributed by atoms with E-state index in [1.807, 2.05) is 0 Å². The zero-order valence-electron chi connectivity index (χ0n) is 10.7. The van der Waals surface area contributed by atoms with Crippen LogP contribution >= 0.6 is 11.6 Å². The minimum Gasteiger partial charge on any atom is -0.459 e. The molecule has 0 saturated carbocycles. The summed E-state index contributed by atoms with van der Waals surface area (Å²) >= 11 is 5.92. The Morgan fingerprint density at radius 1 is 1.05 bits per heavy atom. The highest BCUT2D eigenvalue weighted by molar-refractivity contribution is 6.31. The average molecular weight is 309 g/mol. The second kappa shape index (κ2) is 5.44. The first-order chi connectivity index (χ1) is 10.1. The number of hydrazine groups is 1. The van der Waals surface area contributed by atoms with Crippen molar-refractivity contribution in [2.24, 2.45) is 5.84 Å². The quantitative estimate of drug-likeness (QED) is 0.569. The topological polar surface area (TPSA) is 51.2 Å². The van der Waals surface area contributed by atoms with E-state index in [0.29, 0.717) is 21.9 Å². The van der Waals surface area contributed by atoms with E-state index in [1.165, 1.54) is 12.1 Å². The molecule has 3 nitrogen and oxygen atoms in total. The maximum Gasteiger partial charge on any atom is 0.134 e. The predicted octanol–water partition coefficient (Wildman–Crippen LogP) is 3.92. The molecule has 0 aliphatic rings. The lowest BCUT2D eigenvalue weighted by atomic mass is 10.0. The van der Waals surface area contributed by atoms with Crippen LogP contribution in [0.25, 0.3) is 11.0 Å². The Morgan fingerprint density at radius 2 is 1.76 bits per heavy atom. The van der Waals surface area contributed by atoms with Crippen molar-refractivity contribution >= 4 is 22.6 Å². The van der Waals surface area contributed by atoms with Crippen LogP contribution in [-0.4, -0.2) is 0 Å². The number of furan rings is 1. The summed E-state index contributed by atoms with van der Waals surface area (Å²) in [6.45, 7) is 0. The van der Waals surface area contributed by atoms with Gasteiger partial charge in [0, 0.05) is 16.5 Å². The van der Waals surface area contributed by atoms with Crippen molar-refractivity contribution in [1.29, 1.82) is 0 Å². The number of nitrogens with one attached hydrogen (secondary N) is 1. The van der Waals surface area contributed by atoms with Crippen LogP contribution in [0, 0.1) is 11.6 Å². The molecule has 1 unspecified atom stereocenters. The van der Waals surface area contributed by atoms with Crippen LogP contribution in [0.2, 0.25) is 5.02 Å². The third kappa shape index (κ3) is 2.76. The molecule has 0 aliphatic heterocycles. The smallest absolute Gasteiger partial charge is 0.134 e. The molecule has 0 fully saturated rings. The van der Waals surface area contributed by atoms with Crippen LogP contribution in [0.15, 0.2) is 46.9 Å². The SMILES string of the molecule is NNC(c1cc(F)cc(F)c1)c1cc2cc(Cl)ccc2o1. The Hall–Kier alpha value is -1.95. The van der Waals surface area contributed by atoms with Crippen LogP contribution in [0.1, 0.15) is 17.4 Å². The van der Waals surface area contributed by atoms with Gasteiger partial charge in [-0.1, -0.05) is 11.6 Å². The van der Waals surface area contributed by atoms with Crippen molar-refractivity contribution in [3.05, 3.63) is 70.4 Å². The van der Waals surface area contributed by atoms with Gasteiger partial charge in [0.25, 0.3) is 0 Å². The minimum atomic E-state index is -0.676. The summed E-state index contributed by atoms with van der Waals surface area (Å²) in [5, 5.41) is 1.36. The molecule has 0 aliphatic carbocycles. The Kier molecular flexibility index (Phi) is 3.63. The number of rotatable bonds is 3. The molecule has 0 spiro atoms. The Morgan fingerprint density at radius 3 is 2.43 bits per heavy atom. The van der Waals surface area contributed by atoms with Gasteiger partial charge in [-0.3, -0.25) is 5.84 Å². The van der Waals surface area contributed by atoms with Gasteiger partial charge in [0.05, 0.1) is 0 Å². The highest BCUT2D eigenvalue weighted by atomic mass is 35.5. The molecule has 6 heteroatoms. The zero-order valence-corrected chi connectivity index (χ0v) is 11.5.